The van der Waals surface area contributed by atoms with Crippen molar-refractivity contribution in [1.29, 1.82) is 0 Å². The SMILES string of the molecule is CCCCOCCCNC(=O)c1sc2nnc(C)n2c1C. The minimum atomic E-state index is -0.0454. The van der Waals surface area contributed by atoms with Gasteiger partial charge in [-0.1, -0.05) is 24.7 Å². The van der Waals surface area contributed by atoms with Crippen LogP contribution in [0, 0.1) is 13.8 Å². The number of nitrogens with one attached hydrogen (secondary N) is 1. The third kappa shape index (κ3) is 3.79. The summed E-state index contributed by atoms with van der Waals surface area (Å²) in [7, 11) is 0. The summed E-state index contributed by atoms with van der Waals surface area (Å²) < 4.78 is 7.38. The van der Waals surface area contributed by atoms with Gasteiger partial charge in [0.1, 0.15) is 10.7 Å². The number of amides is 1. The van der Waals surface area contributed by atoms with E-state index < -0.39 is 0 Å². The van der Waals surface area contributed by atoms with Gasteiger partial charge in [0.2, 0.25) is 4.96 Å². The van der Waals surface area contributed by atoms with Crippen LogP contribution >= 0.6 is 11.3 Å². The number of aryl methyl sites for hydroxylation is 2. The lowest BCUT2D eigenvalue weighted by Gasteiger charge is -2.05. The Balaban J connectivity index is 1.81. The minimum Gasteiger partial charge on any atom is -0.381 e. The van der Waals surface area contributed by atoms with Gasteiger partial charge in [-0.15, -0.1) is 10.2 Å². The number of hydrogen-bond acceptors (Lipinski definition) is 5. The van der Waals surface area contributed by atoms with Gasteiger partial charge in [-0.2, -0.15) is 0 Å². The predicted molar refractivity (Wildman–Crippen MR) is 83.0 cm³/mol. The number of ether oxygens (including phenoxy) is 1. The van der Waals surface area contributed by atoms with Gasteiger partial charge in [-0.3, -0.25) is 9.20 Å². The van der Waals surface area contributed by atoms with Gasteiger partial charge in [0.05, 0.1) is 0 Å². The number of thiazole rings is 1. The fourth-order valence-electron chi connectivity index (χ4n) is 2.08. The third-order valence-corrected chi connectivity index (χ3v) is 4.38. The highest BCUT2D eigenvalue weighted by molar-refractivity contribution is 7.19. The average molecular weight is 310 g/mol. The summed E-state index contributed by atoms with van der Waals surface area (Å²) in [6, 6.07) is 0. The molecule has 0 saturated carbocycles. The van der Waals surface area contributed by atoms with E-state index in [4.69, 9.17) is 4.74 Å². The molecule has 0 aliphatic carbocycles. The van der Waals surface area contributed by atoms with Crippen molar-refractivity contribution < 1.29 is 9.53 Å². The zero-order chi connectivity index (χ0) is 15.2. The van der Waals surface area contributed by atoms with Crippen LogP contribution in [0.4, 0.5) is 0 Å². The Morgan fingerprint density at radius 2 is 2.05 bits per heavy atom. The number of hydrogen-bond donors (Lipinski definition) is 1. The molecule has 6 nitrogen and oxygen atoms in total. The van der Waals surface area contributed by atoms with Crippen LogP contribution in [0.2, 0.25) is 0 Å². The molecular weight excluding hydrogens is 288 g/mol. The Labute approximate surface area is 128 Å². The second-order valence-corrected chi connectivity index (χ2v) is 5.93. The zero-order valence-electron chi connectivity index (χ0n) is 12.8. The van der Waals surface area contributed by atoms with Crippen LogP contribution in [-0.4, -0.2) is 40.3 Å². The van der Waals surface area contributed by atoms with Gasteiger partial charge >= 0.3 is 0 Å². The molecule has 2 aromatic heterocycles. The van der Waals surface area contributed by atoms with Gasteiger partial charge in [0.25, 0.3) is 5.91 Å². The molecule has 116 valence electrons. The topological polar surface area (TPSA) is 68.5 Å². The van der Waals surface area contributed by atoms with Crippen molar-refractivity contribution in [2.24, 2.45) is 0 Å². The maximum atomic E-state index is 12.2. The predicted octanol–water partition coefficient (Wildman–Crippen LogP) is 2.34. The van der Waals surface area contributed by atoms with Gasteiger partial charge in [0, 0.05) is 25.5 Å². The summed E-state index contributed by atoms with van der Waals surface area (Å²) in [6.45, 7) is 8.06. The molecule has 0 bridgehead atoms. The highest BCUT2D eigenvalue weighted by Crippen LogP contribution is 2.22. The molecule has 2 rings (SSSR count). The van der Waals surface area contributed by atoms with Crippen molar-refractivity contribution in [1.82, 2.24) is 19.9 Å². The van der Waals surface area contributed by atoms with Crippen LogP contribution < -0.4 is 5.32 Å². The highest BCUT2D eigenvalue weighted by atomic mass is 32.1. The summed E-state index contributed by atoms with van der Waals surface area (Å²) in [5.74, 6) is 0.762. The quantitative estimate of drug-likeness (QED) is 0.760. The van der Waals surface area contributed by atoms with Crippen LogP contribution in [0.15, 0.2) is 0 Å². The standard InChI is InChI=1S/C14H22N4O2S/c1-4-5-8-20-9-6-7-15-13(19)12-10(2)18-11(3)16-17-14(18)21-12/h4-9H2,1-3H3,(H,15,19). The lowest BCUT2D eigenvalue weighted by molar-refractivity contribution is 0.0943. The largest absolute Gasteiger partial charge is 0.381 e. The Bertz CT molecular complexity index is 605. The number of aromatic nitrogens is 3. The number of carbonyl (C=O) groups excluding carboxylic acids is 1. The maximum Gasteiger partial charge on any atom is 0.263 e. The Morgan fingerprint density at radius 3 is 2.76 bits per heavy atom. The summed E-state index contributed by atoms with van der Waals surface area (Å²) in [4.78, 5) is 13.6. The van der Waals surface area contributed by atoms with E-state index in [1.807, 2.05) is 18.2 Å². The summed E-state index contributed by atoms with van der Waals surface area (Å²) in [6.07, 6.45) is 3.07. The molecular formula is C14H22N4O2S. The van der Waals surface area contributed by atoms with Crippen LogP contribution in [0.25, 0.3) is 4.96 Å². The van der Waals surface area contributed by atoms with E-state index >= 15 is 0 Å². The van der Waals surface area contributed by atoms with E-state index in [1.165, 1.54) is 11.3 Å². The van der Waals surface area contributed by atoms with E-state index in [2.05, 4.69) is 22.4 Å². The molecule has 2 aromatic rings. The second kappa shape index (κ2) is 7.51. The van der Waals surface area contributed by atoms with Crippen molar-refractivity contribution in [2.75, 3.05) is 19.8 Å². The number of unbranched alkanes of at least 4 members (excludes halogenated alkanes) is 1. The second-order valence-electron chi connectivity index (χ2n) is 4.96. The lowest BCUT2D eigenvalue weighted by Crippen LogP contribution is -2.25. The summed E-state index contributed by atoms with van der Waals surface area (Å²) in [5, 5.41) is 11.0. The molecule has 0 aliphatic heterocycles. The third-order valence-electron chi connectivity index (χ3n) is 3.25. The van der Waals surface area contributed by atoms with Crippen molar-refractivity contribution in [3.63, 3.8) is 0 Å². The first-order valence-electron chi connectivity index (χ1n) is 7.32. The van der Waals surface area contributed by atoms with Crippen molar-refractivity contribution in [3.8, 4) is 0 Å². The first-order chi connectivity index (χ1) is 10.1. The van der Waals surface area contributed by atoms with Gasteiger partial charge in [-0.25, -0.2) is 0 Å². The normalized spacial score (nSPS) is 11.2. The average Bonchev–Trinajstić information content (AvgIpc) is 2.99. The molecule has 2 heterocycles. The summed E-state index contributed by atoms with van der Waals surface area (Å²) in [5.41, 5.74) is 0.897. The van der Waals surface area contributed by atoms with Crippen molar-refractivity contribution >= 4 is 22.2 Å². The molecule has 0 aromatic carbocycles. The molecule has 1 N–H and O–H groups in total. The first-order valence-corrected chi connectivity index (χ1v) is 8.13. The molecule has 0 fully saturated rings. The van der Waals surface area contributed by atoms with Crippen LogP contribution in [-0.2, 0) is 4.74 Å². The van der Waals surface area contributed by atoms with E-state index in [0.29, 0.717) is 18.0 Å². The molecule has 0 spiro atoms. The van der Waals surface area contributed by atoms with Crippen LogP contribution in [0.3, 0.4) is 0 Å². The molecule has 21 heavy (non-hydrogen) atoms. The van der Waals surface area contributed by atoms with E-state index in [9.17, 15) is 4.79 Å². The molecule has 0 atom stereocenters. The summed E-state index contributed by atoms with van der Waals surface area (Å²) >= 11 is 1.37. The molecule has 1 amide bonds. The monoisotopic (exact) mass is 310 g/mol. The van der Waals surface area contributed by atoms with Gasteiger partial charge in [0.15, 0.2) is 0 Å². The number of nitrogens with zero attached hydrogens (tertiary/aromatic N) is 3. The molecule has 0 saturated heterocycles. The minimum absolute atomic E-state index is 0.0454. The smallest absolute Gasteiger partial charge is 0.263 e. The van der Waals surface area contributed by atoms with E-state index in [-0.39, 0.29) is 5.91 Å². The first kappa shape index (κ1) is 15.9. The van der Waals surface area contributed by atoms with Gasteiger partial charge < -0.3 is 10.1 Å². The Hall–Kier alpha value is -1.47. The van der Waals surface area contributed by atoms with Gasteiger partial charge in [-0.05, 0) is 26.7 Å². The number of carbonyl (C=O) groups is 1. The molecule has 0 aliphatic rings. The molecule has 7 heteroatoms. The highest BCUT2D eigenvalue weighted by Gasteiger charge is 2.17. The molecule has 0 radical (unpaired) electrons. The van der Waals surface area contributed by atoms with Crippen molar-refractivity contribution in [2.45, 2.75) is 40.0 Å². The lowest BCUT2D eigenvalue weighted by atomic mass is 10.3. The van der Waals surface area contributed by atoms with E-state index in [1.54, 1.807) is 0 Å². The number of rotatable bonds is 8. The number of fused-ring (bicyclic) bond motifs is 1. The van der Waals surface area contributed by atoms with Crippen LogP contribution in [0.5, 0.6) is 0 Å². The van der Waals surface area contributed by atoms with Crippen molar-refractivity contribution in [3.05, 3.63) is 16.4 Å². The Kier molecular flexibility index (Phi) is 5.69. The Morgan fingerprint density at radius 1 is 1.29 bits per heavy atom. The molecule has 0 unspecified atom stereocenters. The zero-order valence-corrected chi connectivity index (χ0v) is 13.6. The van der Waals surface area contributed by atoms with E-state index in [0.717, 1.165) is 42.3 Å². The van der Waals surface area contributed by atoms with Crippen LogP contribution in [0.1, 0.15) is 47.4 Å². The fourth-order valence-corrected chi connectivity index (χ4v) is 3.11. The maximum absolute atomic E-state index is 12.2. The fraction of sp³-hybridized carbons (Fsp3) is 0.643.